The van der Waals surface area contributed by atoms with Gasteiger partial charge in [-0.25, -0.2) is 0 Å². The number of carbonyl (C=O) groups excluding carboxylic acids is 3. The Bertz CT molecular complexity index is 748. The van der Waals surface area contributed by atoms with E-state index in [2.05, 4.69) is 5.32 Å². The van der Waals surface area contributed by atoms with Gasteiger partial charge in [0, 0.05) is 17.7 Å². The molecule has 1 N–H and O–H groups in total. The van der Waals surface area contributed by atoms with E-state index in [1.54, 1.807) is 31.2 Å². The highest BCUT2D eigenvalue weighted by Gasteiger charge is 2.11. The molecule has 2 rings (SSSR count). The Hall–Kier alpha value is -2.95. The highest BCUT2D eigenvalue weighted by Crippen LogP contribution is 2.11. The average Bonchev–Trinajstić information content (AvgIpc) is 2.62. The smallest absolute Gasteiger partial charge is 0.310 e. The van der Waals surface area contributed by atoms with E-state index in [9.17, 15) is 14.4 Å². The Balaban J connectivity index is 1.83. The van der Waals surface area contributed by atoms with Gasteiger partial charge in [0.15, 0.2) is 12.4 Å². The number of hydrogen-bond donors (Lipinski definition) is 1. The first kappa shape index (κ1) is 18.4. The van der Waals surface area contributed by atoms with Crippen molar-refractivity contribution in [2.45, 2.75) is 26.7 Å². The van der Waals surface area contributed by atoms with Crippen molar-refractivity contribution < 1.29 is 19.1 Å². The van der Waals surface area contributed by atoms with Crippen molar-refractivity contribution in [3.05, 3.63) is 65.2 Å². The summed E-state index contributed by atoms with van der Waals surface area (Å²) in [5.41, 5.74) is 3.02. The minimum atomic E-state index is -0.441. The lowest BCUT2D eigenvalue weighted by Crippen LogP contribution is -2.16. The van der Waals surface area contributed by atoms with Crippen molar-refractivity contribution in [2.75, 3.05) is 11.9 Å². The van der Waals surface area contributed by atoms with Crippen molar-refractivity contribution in [1.29, 1.82) is 0 Å². The van der Waals surface area contributed by atoms with Crippen molar-refractivity contribution >= 4 is 23.3 Å². The third-order valence-electron chi connectivity index (χ3n) is 3.65. The zero-order valence-electron chi connectivity index (χ0n) is 14.4. The summed E-state index contributed by atoms with van der Waals surface area (Å²) in [5, 5.41) is 2.70. The number of aryl methyl sites for hydroxylation is 1. The monoisotopic (exact) mass is 339 g/mol. The first-order chi connectivity index (χ1) is 12.0. The molecule has 0 atom stereocenters. The first-order valence-electron chi connectivity index (χ1n) is 8.12. The van der Waals surface area contributed by atoms with Crippen LogP contribution in [0.5, 0.6) is 0 Å². The molecule has 0 aliphatic heterocycles. The summed E-state index contributed by atoms with van der Waals surface area (Å²) in [6, 6.07) is 14.1. The van der Waals surface area contributed by atoms with Crippen molar-refractivity contribution in [1.82, 2.24) is 0 Å². The molecule has 0 spiro atoms. The zero-order valence-corrected chi connectivity index (χ0v) is 14.4. The first-order valence-corrected chi connectivity index (χ1v) is 8.12. The third-order valence-corrected chi connectivity index (χ3v) is 3.65. The molecule has 0 heterocycles. The molecule has 0 saturated heterocycles. The van der Waals surface area contributed by atoms with Crippen LogP contribution in [0.2, 0.25) is 0 Å². The molecule has 0 saturated carbocycles. The number of anilines is 1. The number of amides is 1. The van der Waals surface area contributed by atoms with E-state index in [0.717, 1.165) is 11.1 Å². The van der Waals surface area contributed by atoms with Gasteiger partial charge in [0.05, 0.1) is 6.42 Å². The van der Waals surface area contributed by atoms with Gasteiger partial charge in [0.1, 0.15) is 0 Å². The number of nitrogens with one attached hydrogen (secondary N) is 1. The predicted molar refractivity (Wildman–Crippen MR) is 95.5 cm³/mol. The summed E-state index contributed by atoms with van der Waals surface area (Å²) < 4.78 is 5.05. The summed E-state index contributed by atoms with van der Waals surface area (Å²) in [5.74, 6) is -0.821. The molecule has 0 aromatic heterocycles. The molecule has 0 radical (unpaired) electrons. The maximum atomic E-state index is 12.1. The molecule has 1 amide bonds. The van der Waals surface area contributed by atoms with Gasteiger partial charge in [-0.15, -0.1) is 0 Å². The molecule has 0 unspecified atom stereocenters. The van der Waals surface area contributed by atoms with E-state index < -0.39 is 5.97 Å². The van der Waals surface area contributed by atoms with Gasteiger partial charge in [0.25, 0.3) is 0 Å². The normalized spacial score (nSPS) is 10.2. The minimum Gasteiger partial charge on any atom is -0.457 e. The summed E-state index contributed by atoms with van der Waals surface area (Å²) in [6.45, 7) is 3.43. The number of hydrogen-bond acceptors (Lipinski definition) is 4. The summed E-state index contributed by atoms with van der Waals surface area (Å²) >= 11 is 0. The second-order valence-corrected chi connectivity index (χ2v) is 5.73. The van der Waals surface area contributed by atoms with Crippen LogP contribution < -0.4 is 5.32 Å². The van der Waals surface area contributed by atoms with Gasteiger partial charge in [-0.05, 0) is 36.8 Å². The van der Waals surface area contributed by atoms with Crippen LogP contribution in [0, 0.1) is 6.92 Å². The highest BCUT2D eigenvalue weighted by molar-refractivity contribution is 5.98. The third kappa shape index (κ3) is 5.88. The lowest BCUT2D eigenvalue weighted by Gasteiger charge is -2.07. The molecule has 0 fully saturated rings. The Morgan fingerprint density at radius 1 is 0.960 bits per heavy atom. The minimum absolute atomic E-state index is 0.0934. The largest absolute Gasteiger partial charge is 0.457 e. The van der Waals surface area contributed by atoms with Gasteiger partial charge in [-0.2, -0.15) is 0 Å². The Morgan fingerprint density at radius 3 is 2.20 bits per heavy atom. The number of benzene rings is 2. The fourth-order valence-corrected chi connectivity index (χ4v) is 2.14. The standard InChI is InChI=1S/C20H21NO4/c1-3-19(23)21-17-10-8-16(9-11-17)18(22)13-25-20(24)12-15-6-4-14(2)5-7-15/h4-11H,3,12-13H2,1-2H3,(H,21,23). The maximum absolute atomic E-state index is 12.1. The zero-order chi connectivity index (χ0) is 18.2. The van der Waals surface area contributed by atoms with E-state index in [0.29, 0.717) is 17.7 Å². The summed E-state index contributed by atoms with van der Waals surface area (Å²) in [7, 11) is 0. The van der Waals surface area contributed by atoms with Crippen molar-refractivity contribution in [2.24, 2.45) is 0 Å². The number of ether oxygens (including phenoxy) is 1. The molecule has 0 bridgehead atoms. The van der Waals surface area contributed by atoms with E-state index in [1.165, 1.54) is 0 Å². The molecule has 2 aromatic rings. The van der Waals surface area contributed by atoms with E-state index >= 15 is 0 Å². The van der Waals surface area contributed by atoms with Crippen molar-refractivity contribution in [3.8, 4) is 0 Å². The van der Waals surface area contributed by atoms with Gasteiger partial charge >= 0.3 is 5.97 Å². The highest BCUT2D eigenvalue weighted by atomic mass is 16.5. The van der Waals surface area contributed by atoms with Crippen LogP contribution in [0.15, 0.2) is 48.5 Å². The maximum Gasteiger partial charge on any atom is 0.310 e. The SMILES string of the molecule is CCC(=O)Nc1ccc(C(=O)COC(=O)Cc2ccc(C)cc2)cc1. The molecular weight excluding hydrogens is 318 g/mol. The number of rotatable bonds is 7. The van der Waals surface area contributed by atoms with Crippen LogP contribution in [0.3, 0.4) is 0 Å². The quantitative estimate of drug-likeness (QED) is 0.620. The Kier molecular flexibility index (Phi) is 6.46. The van der Waals surface area contributed by atoms with Gasteiger partial charge in [-0.3, -0.25) is 14.4 Å². The topological polar surface area (TPSA) is 72.5 Å². The van der Waals surface area contributed by atoms with E-state index in [-0.39, 0.29) is 24.7 Å². The average molecular weight is 339 g/mol. The molecule has 5 nitrogen and oxygen atoms in total. The van der Waals surface area contributed by atoms with E-state index in [1.807, 2.05) is 31.2 Å². The van der Waals surface area contributed by atoms with Crippen LogP contribution in [-0.4, -0.2) is 24.3 Å². The molecule has 2 aromatic carbocycles. The van der Waals surface area contributed by atoms with Gasteiger partial charge in [0.2, 0.25) is 5.91 Å². The molecule has 0 aliphatic carbocycles. The van der Waals surface area contributed by atoms with Crippen LogP contribution in [0.1, 0.15) is 34.8 Å². The molecular formula is C20H21NO4. The number of esters is 1. The van der Waals surface area contributed by atoms with Crippen LogP contribution in [0.4, 0.5) is 5.69 Å². The van der Waals surface area contributed by atoms with Crippen LogP contribution in [-0.2, 0) is 20.7 Å². The second kappa shape index (κ2) is 8.78. The van der Waals surface area contributed by atoms with Crippen molar-refractivity contribution in [3.63, 3.8) is 0 Å². The second-order valence-electron chi connectivity index (χ2n) is 5.73. The fraction of sp³-hybridized carbons (Fsp3) is 0.250. The predicted octanol–water partition coefficient (Wildman–Crippen LogP) is 3.31. The molecule has 25 heavy (non-hydrogen) atoms. The molecule has 0 aliphatic rings. The van der Waals surface area contributed by atoms with Gasteiger partial charge in [-0.1, -0.05) is 36.8 Å². The lowest BCUT2D eigenvalue weighted by molar-refractivity contribution is -0.141. The number of Topliss-reactive ketones (excluding diaryl/α,β-unsaturated/α-hetero) is 1. The van der Waals surface area contributed by atoms with Crippen LogP contribution in [0.25, 0.3) is 0 Å². The summed E-state index contributed by atoms with van der Waals surface area (Å²) in [4.78, 5) is 35.2. The summed E-state index contributed by atoms with van der Waals surface area (Å²) in [6.07, 6.45) is 0.521. The van der Waals surface area contributed by atoms with E-state index in [4.69, 9.17) is 4.74 Å². The van der Waals surface area contributed by atoms with Crippen LogP contribution >= 0.6 is 0 Å². The Morgan fingerprint density at radius 2 is 1.60 bits per heavy atom. The fourth-order valence-electron chi connectivity index (χ4n) is 2.14. The molecule has 130 valence electrons. The van der Waals surface area contributed by atoms with Gasteiger partial charge < -0.3 is 10.1 Å². The number of ketones is 1. The molecule has 5 heteroatoms. The Labute approximate surface area is 147 Å². The lowest BCUT2D eigenvalue weighted by atomic mass is 10.1. The number of carbonyl (C=O) groups is 3.